The van der Waals surface area contributed by atoms with E-state index in [1.54, 1.807) is 13.8 Å². The van der Waals surface area contributed by atoms with E-state index in [0.29, 0.717) is 5.56 Å². The number of primary amides is 1. The normalized spacial score (nSPS) is 13.8. The lowest BCUT2D eigenvalue weighted by molar-refractivity contribution is -0.137. The van der Waals surface area contributed by atoms with Crippen molar-refractivity contribution in [3.63, 3.8) is 0 Å². The summed E-state index contributed by atoms with van der Waals surface area (Å²) in [4.78, 5) is 35.2. The smallest absolute Gasteiger partial charge is 0.368 e. The molecule has 4 N–H and O–H groups in total. The van der Waals surface area contributed by atoms with Crippen LogP contribution in [0.4, 0.5) is 13.2 Å². The Bertz CT molecular complexity index is 657. The van der Waals surface area contributed by atoms with Crippen molar-refractivity contribution in [2.24, 2.45) is 11.7 Å². The van der Waals surface area contributed by atoms with Gasteiger partial charge in [0.2, 0.25) is 17.7 Å². The van der Waals surface area contributed by atoms with Gasteiger partial charge in [-0.3, -0.25) is 14.4 Å². The van der Waals surface area contributed by atoms with Crippen LogP contribution in [-0.4, -0.2) is 29.8 Å². The van der Waals surface area contributed by atoms with E-state index in [2.05, 4.69) is 10.6 Å². The van der Waals surface area contributed by atoms with Crippen molar-refractivity contribution < 1.29 is 27.6 Å². The molecular weight excluding hydrogens is 351 g/mol. The van der Waals surface area contributed by atoms with Gasteiger partial charge >= 0.3 is 6.18 Å². The quantitative estimate of drug-likeness (QED) is 0.673. The third-order valence-corrected chi connectivity index (χ3v) is 3.69. The van der Waals surface area contributed by atoms with Gasteiger partial charge in [0.1, 0.15) is 12.1 Å². The molecule has 0 unspecified atom stereocenters. The number of halogens is 3. The van der Waals surface area contributed by atoms with Gasteiger partial charge in [-0.25, -0.2) is 0 Å². The molecule has 0 radical (unpaired) electrons. The summed E-state index contributed by atoms with van der Waals surface area (Å²) in [5.41, 5.74) is 4.88. The number of benzene rings is 1. The van der Waals surface area contributed by atoms with Gasteiger partial charge in [-0.1, -0.05) is 26.0 Å². The second-order valence-electron chi connectivity index (χ2n) is 6.28. The number of amides is 3. The lowest BCUT2D eigenvalue weighted by atomic mass is 10.0. The molecule has 0 fully saturated rings. The van der Waals surface area contributed by atoms with E-state index in [4.69, 9.17) is 5.73 Å². The Kier molecular flexibility index (Phi) is 7.17. The Morgan fingerprint density at radius 3 is 2.00 bits per heavy atom. The first kappa shape index (κ1) is 21.5. The van der Waals surface area contributed by atoms with Crippen molar-refractivity contribution in [2.75, 3.05) is 0 Å². The number of alkyl halides is 3. The number of hydrogen-bond acceptors (Lipinski definition) is 3. The summed E-state index contributed by atoms with van der Waals surface area (Å²) >= 11 is 0. The number of carbonyl (C=O) groups is 3. The zero-order valence-electron chi connectivity index (χ0n) is 14.7. The molecule has 3 amide bonds. The van der Waals surface area contributed by atoms with Crippen LogP contribution in [0.15, 0.2) is 24.3 Å². The fraction of sp³-hybridized carbons (Fsp3) is 0.471. The van der Waals surface area contributed by atoms with E-state index in [-0.39, 0.29) is 12.3 Å². The zero-order chi connectivity index (χ0) is 20.1. The molecule has 0 spiro atoms. The molecule has 26 heavy (non-hydrogen) atoms. The minimum atomic E-state index is -4.46. The Morgan fingerprint density at radius 2 is 1.62 bits per heavy atom. The van der Waals surface area contributed by atoms with Gasteiger partial charge in [-0.15, -0.1) is 0 Å². The van der Waals surface area contributed by atoms with Crippen molar-refractivity contribution in [3.05, 3.63) is 35.4 Å². The van der Waals surface area contributed by atoms with Crippen LogP contribution in [0.1, 0.15) is 31.9 Å². The number of hydrogen-bond donors (Lipinski definition) is 3. The van der Waals surface area contributed by atoms with E-state index in [1.807, 2.05) is 0 Å². The molecule has 0 aliphatic carbocycles. The van der Waals surface area contributed by atoms with E-state index in [0.717, 1.165) is 12.1 Å². The standard InChI is InChI=1S/C17H22F3N3O3/c1-9(2)14(22-10(3)24)16(26)23-13(15(21)25)8-11-4-6-12(7-5-11)17(18,19)20/h4-7,9,13-14H,8H2,1-3H3,(H2,21,25)(H,22,24)(H,23,26)/t13-,14-/m1/s1. The molecule has 0 bridgehead atoms. The summed E-state index contributed by atoms with van der Waals surface area (Å²) in [6, 6.07) is 2.25. The maximum atomic E-state index is 12.6. The largest absolute Gasteiger partial charge is 0.416 e. The third-order valence-electron chi connectivity index (χ3n) is 3.69. The molecule has 0 heterocycles. The van der Waals surface area contributed by atoms with Crippen LogP contribution in [0, 0.1) is 5.92 Å². The van der Waals surface area contributed by atoms with Crippen LogP contribution in [0.25, 0.3) is 0 Å². The van der Waals surface area contributed by atoms with E-state index in [1.165, 1.54) is 19.1 Å². The molecule has 0 saturated heterocycles. The monoisotopic (exact) mass is 373 g/mol. The van der Waals surface area contributed by atoms with E-state index < -0.39 is 41.5 Å². The number of nitrogens with one attached hydrogen (secondary N) is 2. The molecule has 1 rings (SSSR count). The fourth-order valence-corrected chi connectivity index (χ4v) is 2.30. The van der Waals surface area contributed by atoms with Crippen molar-refractivity contribution in [1.29, 1.82) is 0 Å². The van der Waals surface area contributed by atoms with Crippen LogP contribution in [0.2, 0.25) is 0 Å². The molecule has 0 aromatic heterocycles. The topological polar surface area (TPSA) is 101 Å². The van der Waals surface area contributed by atoms with Crippen LogP contribution < -0.4 is 16.4 Å². The van der Waals surface area contributed by atoms with Crippen LogP contribution >= 0.6 is 0 Å². The highest BCUT2D eigenvalue weighted by molar-refractivity contribution is 5.91. The maximum Gasteiger partial charge on any atom is 0.416 e. The molecule has 0 aliphatic heterocycles. The molecule has 0 aliphatic rings. The lowest BCUT2D eigenvalue weighted by Crippen LogP contribution is -2.55. The molecule has 0 saturated carbocycles. The first-order valence-electron chi connectivity index (χ1n) is 7.94. The minimum Gasteiger partial charge on any atom is -0.368 e. The predicted octanol–water partition coefficient (Wildman–Crippen LogP) is 1.38. The van der Waals surface area contributed by atoms with Gasteiger partial charge in [0.25, 0.3) is 0 Å². The highest BCUT2D eigenvalue weighted by atomic mass is 19.4. The lowest BCUT2D eigenvalue weighted by Gasteiger charge is -2.24. The third kappa shape index (κ3) is 6.38. The molecule has 6 nitrogen and oxygen atoms in total. The Labute approximate surface area is 149 Å². The van der Waals surface area contributed by atoms with Gasteiger partial charge in [0, 0.05) is 13.3 Å². The SMILES string of the molecule is CC(=O)N[C@@H](C(=O)N[C@H](Cc1ccc(C(F)(F)F)cc1)C(N)=O)C(C)C. The number of rotatable bonds is 7. The average molecular weight is 373 g/mol. The van der Waals surface area contributed by atoms with Gasteiger partial charge in [-0.2, -0.15) is 13.2 Å². The summed E-state index contributed by atoms with van der Waals surface area (Å²) in [7, 11) is 0. The summed E-state index contributed by atoms with van der Waals surface area (Å²) in [5, 5.41) is 4.93. The van der Waals surface area contributed by atoms with Gasteiger partial charge in [-0.05, 0) is 23.6 Å². The molecular formula is C17H22F3N3O3. The van der Waals surface area contributed by atoms with Crippen molar-refractivity contribution in [3.8, 4) is 0 Å². The highest BCUT2D eigenvalue weighted by Gasteiger charge is 2.30. The fourth-order valence-electron chi connectivity index (χ4n) is 2.30. The molecule has 2 atom stereocenters. The van der Waals surface area contributed by atoms with Gasteiger partial charge in [0.15, 0.2) is 0 Å². The average Bonchev–Trinajstić information content (AvgIpc) is 2.50. The van der Waals surface area contributed by atoms with E-state index >= 15 is 0 Å². The Morgan fingerprint density at radius 1 is 1.08 bits per heavy atom. The van der Waals surface area contributed by atoms with Crippen LogP contribution in [0.3, 0.4) is 0 Å². The molecule has 144 valence electrons. The molecule has 1 aromatic rings. The second-order valence-corrected chi connectivity index (χ2v) is 6.28. The summed E-state index contributed by atoms with van der Waals surface area (Å²) in [6.07, 6.45) is -4.53. The molecule has 1 aromatic carbocycles. The van der Waals surface area contributed by atoms with Crippen molar-refractivity contribution >= 4 is 17.7 Å². The number of nitrogens with two attached hydrogens (primary N) is 1. The highest BCUT2D eigenvalue weighted by Crippen LogP contribution is 2.29. The summed E-state index contributed by atoms with van der Waals surface area (Å²) in [6.45, 7) is 4.70. The summed E-state index contributed by atoms with van der Waals surface area (Å²) < 4.78 is 37.8. The zero-order valence-corrected chi connectivity index (χ0v) is 14.7. The maximum absolute atomic E-state index is 12.6. The van der Waals surface area contributed by atoms with Crippen molar-refractivity contribution in [1.82, 2.24) is 10.6 Å². The van der Waals surface area contributed by atoms with Gasteiger partial charge in [0.05, 0.1) is 5.56 Å². The van der Waals surface area contributed by atoms with Crippen molar-refractivity contribution in [2.45, 2.75) is 45.5 Å². The minimum absolute atomic E-state index is 0.0654. The van der Waals surface area contributed by atoms with E-state index in [9.17, 15) is 27.6 Å². The Balaban J connectivity index is 2.87. The van der Waals surface area contributed by atoms with Gasteiger partial charge < -0.3 is 16.4 Å². The first-order chi connectivity index (χ1) is 11.9. The predicted molar refractivity (Wildman–Crippen MR) is 88.7 cm³/mol. The first-order valence-corrected chi connectivity index (χ1v) is 7.94. The summed E-state index contributed by atoms with van der Waals surface area (Å²) in [5.74, 6) is -2.06. The van der Waals surface area contributed by atoms with Crippen LogP contribution in [-0.2, 0) is 27.0 Å². The number of carbonyl (C=O) groups excluding carboxylic acids is 3. The molecule has 9 heteroatoms. The van der Waals surface area contributed by atoms with Crippen LogP contribution in [0.5, 0.6) is 0 Å². The second kappa shape index (κ2) is 8.68. The Hall–Kier alpha value is -2.58.